The van der Waals surface area contributed by atoms with Gasteiger partial charge in [0.2, 0.25) is 5.88 Å². The molecule has 4 rings (SSSR count). The molecule has 224 valence electrons. The summed E-state index contributed by atoms with van der Waals surface area (Å²) in [5.74, 6) is 0.209. The molecule has 3 aromatic rings. The Balaban J connectivity index is 1.75. The van der Waals surface area contributed by atoms with E-state index < -0.39 is 6.09 Å². The van der Waals surface area contributed by atoms with Crippen LogP contribution in [0.25, 0.3) is 11.1 Å². The molecule has 1 saturated heterocycles. The second-order valence-electron chi connectivity index (χ2n) is 11.2. The van der Waals surface area contributed by atoms with Crippen LogP contribution >= 0.6 is 0 Å². The fourth-order valence-electron chi connectivity index (χ4n) is 6.24. The molecule has 1 aromatic carbocycles. The highest BCUT2D eigenvalue weighted by Crippen LogP contribution is 2.36. The number of carbonyl (C=O) groups is 2. The normalized spacial score (nSPS) is 18.5. The summed E-state index contributed by atoms with van der Waals surface area (Å²) in [5.41, 5.74) is 5.78. The van der Waals surface area contributed by atoms with Gasteiger partial charge in [-0.3, -0.25) is 9.59 Å². The number of hydrogen-bond donors (Lipinski definition) is 3. The second kappa shape index (κ2) is 12.7. The zero-order valence-electron chi connectivity index (χ0n) is 25.4. The van der Waals surface area contributed by atoms with E-state index in [-0.39, 0.29) is 36.1 Å². The number of ether oxygens (including phenoxy) is 1. The molecule has 3 N–H and O–H groups in total. The largest absolute Gasteiger partial charge is 0.481 e. The minimum absolute atomic E-state index is 0.0863. The number of nitrogens with zero attached hydrogens (tertiary/aromatic N) is 3. The van der Waals surface area contributed by atoms with Gasteiger partial charge in [0.1, 0.15) is 0 Å². The van der Waals surface area contributed by atoms with E-state index in [9.17, 15) is 19.5 Å². The average Bonchev–Trinajstić information content (AvgIpc) is 2.93. The number of piperidine rings is 1. The molecule has 1 aliphatic heterocycles. The van der Waals surface area contributed by atoms with Crippen LogP contribution in [0.4, 0.5) is 10.5 Å². The van der Waals surface area contributed by atoms with Crippen LogP contribution < -0.4 is 20.5 Å². The fraction of sp³-hybridized carbons (Fsp3) is 0.438. The van der Waals surface area contributed by atoms with Gasteiger partial charge in [0.05, 0.1) is 7.11 Å². The molecule has 42 heavy (non-hydrogen) atoms. The topological polar surface area (TPSA) is 128 Å². The molecule has 2 aromatic heterocycles. The molecule has 10 heteroatoms. The van der Waals surface area contributed by atoms with Crippen LogP contribution in [0.5, 0.6) is 5.88 Å². The van der Waals surface area contributed by atoms with Gasteiger partial charge in [-0.1, -0.05) is 0 Å². The Kier molecular flexibility index (Phi) is 9.23. The Morgan fingerprint density at radius 3 is 2.36 bits per heavy atom. The number of rotatable bonds is 8. The minimum Gasteiger partial charge on any atom is -0.481 e. The molecule has 0 aliphatic carbocycles. The lowest BCUT2D eigenvalue weighted by Gasteiger charge is -2.46. The summed E-state index contributed by atoms with van der Waals surface area (Å²) >= 11 is 0. The highest BCUT2D eigenvalue weighted by molar-refractivity contribution is 5.99. The van der Waals surface area contributed by atoms with Crippen molar-refractivity contribution in [1.29, 1.82) is 0 Å². The van der Waals surface area contributed by atoms with Crippen molar-refractivity contribution >= 4 is 17.7 Å². The van der Waals surface area contributed by atoms with E-state index in [1.807, 2.05) is 52.8 Å². The van der Waals surface area contributed by atoms with Crippen molar-refractivity contribution in [2.45, 2.75) is 79.1 Å². The third-order valence-electron chi connectivity index (χ3n) is 8.31. The second-order valence-corrected chi connectivity index (χ2v) is 11.2. The van der Waals surface area contributed by atoms with Gasteiger partial charge in [-0.2, -0.15) is 0 Å². The fourth-order valence-corrected chi connectivity index (χ4v) is 6.24. The van der Waals surface area contributed by atoms with Gasteiger partial charge in [0.15, 0.2) is 0 Å². The molecule has 2 amide bonds. The number of carbonyl (C=O) groups excluding carboxylic acids is 1. The quantitative estimate of drug-likeness (QED) is 0.343. The molecule has 2 atom stereocenters. The van der Waals surface area contributed by atoms with Gasteiger partial charge in [-0.25, -0.2) is 9.78 Å². The van der Waals surface area contributed by atoms with Crippen LogP contribution in [0.3, 0.4) is 0 Å². The molecular formula is C32H41N5O5. The number of likely N-dealkylation sites (tertiary alicyclic amines) is 1. The summed E-state index contributed by atoms with van der Waals surface area (Å²) < 4.78 is 5.23. The summed E-state index contributed by atoms with van der Waals surface area (Å²) in [4.78, 5) is 49.2. The Morgan fingerprint density at radius 2 is 1.81 bits per heavy atom. The van der Waals surface area contributed by atoms with Crippen LogP contribution in [-0.2, 0) is 6.54 Å². The highest BCUT2D eigenvalue weighted by atomic mass is 16.5. The van der Waals surface area contributed by atoms with E-state index >= 15 is 0 Å². The van der Waals surface area contributed by atoms with Gasteiger partial charge < -0.3 is 29.9 Å². The first-order valence-corrected chi connectivity index (χ1v) is 14.4. The smallest absolute Gasteiger partial charge is 0.407 e. The number of amides is 2. The van der Waals surface area contributed by atoms with Crippen molar-refractivity contribution in [1.82, 2.24) is 20.2 Å². The number of anilines is 1. The zero-order chi connectivity index (χ0) is 30.7. The summed E-state index contributed by atoms with van der Waals surface area (Å²) in [6.45, 7) is 12.4. The van der Waals surface area contributed by atoms with Crippen molar-refractivity contribution in [2.24, 2.45) is 0 Å². The summed E-state index contributed by atoms with van der Waals surface area (Å²) in [5, 5.41) is 12.7. The first kappa shape index (κ1) is 30.6. The molecule has 0 radical (unpaired) electrons. The first-order chi connectivity index (χ1) is 19.9. The first-order valence-electron chi connectivity index (χ1n) is 14.4. The van der Waals surface area contributed by atoms with E-state index in [0.29, 0.717) is 36.4 Å². The lowest BCUT2D eigenvalue weighted by molar-refractivity contribution is 0.0762. The third kappa shape index (κ3) is 6.27. The summed E-state index contributed by atoms with van der Waals surface area (Å²) in [6.07, 6.45) is 2.17. The lowest BCUT2D eigenvalue weighted by atomic mass is 9.90. The average molecular weight is 576 g/mol. The monoisotopic (exact) mass is 575 g/mol. The molecular weight excluding hydrogens is 534 g/mol. The number of aromatic nitrogens is 2. The van der Waals surface area contributed by atoms with E-state index in [0.717, 1.165) is 33.6 Å². The Hall–Kier alpha value is -4.34. The third-order valence-corrected chi connectivity index (χ3v) is 8.31. The Morgan fingerprint density at radius 1 is 1.12 bits per heavy atom. The van der Waals surface area contributed by atoms with Gasteiger partial charge in [-0.05, 0) is 95.3 Å². The number of aryl methyl sites for hydroxylation is 2. The standard InChI is InChI=1S/C32H41N5O5/c1-8-36(25-12-20(4)37(32(40)41)21(5)13-25)28-15-24(23-9-10-29(42-7)33-16-23)14-26(22(28)6)30(38)34-17-27-18(2)11-19(3)35-31(27)39/h9-11,14-16,20-21,25H,8,12-13,17H2,1-7H3,(H,34,38)(H,35,39)(H,40,41)/t20-,21-/m1/s1. The predicted molar refractivity (Wildman–Crippen MR) is 163 cm³/mol. The number of aromatic amines is 1. The lowest BCUT2D eigenvalue weighted by Crippen LogP contribution is -2.55. The van der Waals surface area contributed by atoms with Gasteiger partial charge in [0, 0.05) is 71.5 Å². The molecule has 1 fully saturated rings. The maximum absolute atomic E-state index is 13.7. The minimum atomic E-state index is -0.900. The highest BCUT2D eigenvalue weighted by Gasteiger charge is 2.37. The summed E-state index contributed by atoms with van der Waals surface area (Å²) in [7, 11) is 1.56. The van der Waals surface area contributed by atoms with Gasteiger partial charge in [-0.15, -0.1) is 0 Å². The molecule has 1 aliphatic rings. The van der Waals surface area contributed by atoms with Crippen LogP contribution in [0.2, 0.25) is 0 Å². The Bertz CT molecular complexity index is 1500. The molecule has 0 spiro atoms. The van der Waals surface area contributed by atoms with Crippen molar-refractivity contribution in [3.05, 3.63) is 74.8 Å². The molecule has 10 nitrogen and oxygen atoms in total. The van der Waals surface area contributed by atoms with Crippen LogP contribution in [0, 0.1) is 20.8 Å². The van der Waals surface area contributed by atoms with Gasteiger partial charge in [0.25, 0.3) is 11.5 Å². The molecule has 3 heterocycles. The van der Waals surface area contributed by atoms with Gasteiger partial charge >= 0.3 is 6.09 Å². The zero-order valence-corrected chi connectivity index (χ0v) is 25.4. The molecule has 0 bridgehead atoms. The van der Waals surface area contributed by atoms with Crippen molar-refractivity contribution in [3.63, 3.8) is 0 Å². The Labute approximate surface area is 246 Å². The SMILES string of the molecule is CCN(c1cc(-c2ccc(OC)nc2)cc(C(=O)NCc2c(C)cc(C)[nH]c2=O)c1C)C1C[C@@H](C)N(C(=O)O)[C@H](C)C1. The maximum atomic E-state index is 13.7. The van der Waals surface area contributed by atoms with Crippen molar-refractivity contribution < 1.29 is 19.4 Å². The van der Waals surface area contributed by atoms with Crippen LogP contribution in [-0.4, -0.2) is 63.8 Å². The molecule has 0 unspecified atom stereocenters. The predicted octanol–water partition coefficient (Wildman–Crippen LogP) is 5.05. The maximum Gasteiger partial charge on any atom is 0.407 e. The van der Waals surface area contributed by atoms with E-state index in [1.54, 1.807) is 19.4 Å². The number of benzene rings is 1. The number of hydrogen-bond acceptors (Lipinski definition) is 6. The molecule has 0 saturated carbocycles. The van der Waals surface area contributed by atoms with Crippen LogP contribution in [0.15, 0.2) is 41.3 Å². The van der Waals surface area contributed by atoms with E-state index in [1.165, 1.54) is 4.90 Å². The van der Waals surface area contributed by atoms with Crippen molar-refractivity contribution in [3.8, 4) is 17.0 Å². The summed E-state index contributed by atoms with van der Waals surface area (Å²) in [6, 6.07) is 9.31. The number of pyridine rings is 2. The van der Waals surface area contributed by atoms with Crippen LogP contribution in [0.1, 0.15) is 66.4 Å². The number of H-pyrrole nitrogens is 1. The van der Waals surface area contributed by atoms with E-state index in [2.05, 4.69) is 33.2 Å². The number of nitrogens with one attached hydrogen (secondary N) is 2. The number of carboxylic acid groups (broad SMARTS) is 1. The van der Waals surface area contributed by atoms with E-state index in [4.69, 9.17) is 4.74 Å². The van der Waals surface area contributed by atoms with Crippen molar-refractivity contribution in [2.75, 3.05) is 18.6 Å². The number of methoxy groups -OCH3 is 1.